The van der Waals surface area contributed by atoms with Gasteiger partial charge < -0.3 is 15.3 Å². The molecule has 0 aliphatic heterocycles. The number of hydrogen-bond acceptors (Lipinski definition) is 6. The molecule has 25 heavy (non-hydrogen) atoms. The van der Waals surface area contributed by atoms with Crippen molar-refractivity contribution in [2.24, 2.45) is 23.7 Å². The van der Waals surface area contributed by atoms with Gasteiger partial charge in [0.25, 0.3) is 0 Å². The van der Waals surface area contributed by atoms with Crippen LogP contribution in [0.25, 0.3) is 0 Å². The zero-order chi connectivity index (χ0) is 18.0. The van der Waals surface area contributed by atoms with E-state index in [1.165, 1.54) is 13.0 Å². The summed E-state index contributed by atoms with van der Waals surface area (Å²) in [5.74, 6) is -5.29. The first-order valence-electron chi connectivity index (χ1n) is 8.08. The molecule has 0 amide bonds. The summed E-state index contributed by atoms with van der Waals surface area (Å²) in [6.07, 6.45) is 6.35. The third-order valence-electron chi connectivity index (χ3n) is 5.59. The minimum atomic E-state index is -0.995. The lowest BCUT2D eigenvalue weighted by Gasteiger charge is -2.42. The van der Waals surface area contributed by atoms with Crippen molar-refractivity contribution in [2.75, 3.05) is 0 Å². The molecule has 0 spiro atoms. The minimum Gasteiger partial charge on any atom is -0.512 e. The van der Waals surface area contributed by atoms with Crippen LogP contribution in [0.2, 0.25) is 0 Å². The first kappa shape index (κ1) is 15.6. The maximum atomic E-state index is 12.9. The van der Waals surface area contributed by atoms with Crippen LogP contribution in [0.1, 0.15) is 13.3 Å². The highest BCUT2D eigenvalue weighted by Crippen LogP contribution is 2.50. The lowest BCUT2D eigenvalue weighted by Crippen LogP contribution is -2.46. The molecule has 128 valence electrons. The van der Waals surface area contributed by atoms with E-state index in [-0.39, 0.29) is 39.9 Å². The lowest BCUT2D eigenvalue weighted by molar-refractivity contribution is -0.132. The number of carbonyl (C=O) groups is 3. The molecule has 0 aromatic carbocycles. The van der Waals surface area contributed by atoms with E-state index in [4.69, 9.17) is 0 Å². The number of ketones is 3. The van der Waals surface area contributed by atoms with Crippen LogP contribution in [0.4, 0.5) is 0 Å². The van der Waals surface area contributed by atoms with Crippen LogP contribution in [-0.2, 0) is 14.4 Å². The Morgan fingerprint density at radius 2 is 1.72 bits per heavy atom. The van der Waals surface area contributed by atoms with E-state index >= 15 is 0 Å². The minimum absolute atomic E-state index is 0.0462. The van der Waals surface area contributed by atoms with Crippen molar-refractivity contribution in [1.82, 2.24) is 0 Å². The molecule has 1 saturated carbocycles. The molecule has 4 aliphatic rings. The Balaban J connectivity index is 1.85. The van der Waals surface area contributed by atoms with Crippen molar-refractivity contribution < 1.29 is 29.7 Å². The van der Waals surface area contributed by atoms with E-state index in [2.05, 4.69) is 0 Å². The standard InChI is InChI=1S/C19H16O6/c1-7-16(22)10-6-12(21)15-9(14(10)19(25)17(7)23)5-8-3-2-4-11(20)13(8)18(15)24/h2-4,6,8-9,13,15,20-21,23H,5H2,1H3. The van der Waals surface area contributed by atoms with E-state index in [0.717, 1.165) is 6.08 Å². The molecule has 0 bridgehead atoms. The zero-order valence-electron chi connectivity index (χ0n) is 13.4. The summed E-state index contributed by atoms with van der Waals surface area (Å²) >= 11 is 0. The zero-order valence-corrected chi connectivity index (χ0v) is 13.4. The van der Waals surface area contributed by atoms with Gasteiger partial charge in [0.2, 0.25) is 5.78 Å². The number of allylic oxidation sites excluding steroid dienone is 9. The van der Waals surface area contributed by atoms with Gasteiger partial charge in [-0.2, -0.15) is 0 Å². The largest absolute Gasteiger partial charge is 0.512 e. The third kappa shape index (κ3) is 1.94. The van der Waals surface area contributed by atoms with E-state index in [0.29, 0.717) is 6.42 Å². The SMILES string of the molecule is CC1=C(O)C(=O)C2=C(C=C(O)C3C(=O)C4C(O)=CC=CC4CC23)C1=O. The predicted octanol–water partition coefficient (Wildman–Crippen LogP) is 2.17. The van der Waals surface area contributed by atoms with Gasteiger partial charge in [0.1, 0.15) is 11.5 Å². The lowest BCUT2D eigenvalue weighted by atomic mass is 9.59. The maximum absolute atomic E-state index is 12.9. The summed E-state index contributed by atoms with van der Waals surface area (Å²) in [5, 5.41) is 30.4. The molecule has 3 N–H and O–H groups in total. The summed E-state index contributed by atoms with van der Waals surface area (Å²) in [4.78, 5) is 37.9. The highest BCUT2D eigenvalue weighted by atomic mass is 16.3. The molecule has 0 saturated heterocycles. The van der Waals surface area contributed by atoms with Gasteiger partial charge in [-0.05, 0) is 31.4 Å². The summed E-state index contributed by atoms with van der Waals surface area (Å²) < 4.78 is 0. The van der Waals surface area contributed by atoms with Gasteiger partial charge >= 0.3 is 0 Å². The molecule has 4 aliphatic carbocycles. The van der Waals surface area contributed by atoms with Gasteiger partial charge in [0, 0.05) is 22.6 Å². The van der Waals surface area contributed by atoms with Crippen molar-refractivity contribution in [3.8, 4) is 0 Å². The van der Waals surface area contributed by atoms with Crippen molar-refractivity contribution in [1.29, 1.82) is 0 Å². The molecule has 0 aromatic rings. The van der Waals surface area contributed by atoms with Crippen molar-refractivity contribution in [3.63, 3.8) is 0 Å². The number of hydrogen-bond donors (Lipinski definition) is 3. The van der Waals surface area contributed by atoms with Crippen LogP contribution in [0, 0.1) is 23.7 Å². The topological polar surface area (TPSA) is 112 Å². The van der Waals surface area contributed by atoms with Crippen LogP contribution < -0.4 is 0 Å². The van der Waals surface area contributed by atoms with Crippen molar-refractivity contribution >= 4 is 17.3 Å². The Morgan fingerprint density at radius 1 is 1.00 bits per heavy atom. The summed E-state index contributed by atoms with van der Waals surface area (Å²) in [7, 11) is 0. The summed E-state index contributed by atoms with van der Waals surface area (Å²) in [6.45, 7) is 1.35. The van der Waals surface area contributed by atoms with Crippen LogP contribution in [0.15, 0.2) is 58.3 Å². The van der Waals surface area contributed by atoms with Gasteiger partial charge in [0.05, 0.1) is 11.8 Å². The third-order valence-corrected chi connectivity index (χ3v) is 5.59. The van der Waals surface area contributed by atoms with Crippen molar-refractivity contribution in [2.45, 2.75) is 13.3 Å². The van der Waals surface area contributed by atoms with Gasteiger partial charge in [-0.3, -0.25) is 14.4 Å². The van der Waals surface area contributed by atoms with E-state index in [9.17, 15) is 29.7 Å². The molecule has 6 nitrogen and oxygen atoms in total. The molecule has 4 unspecified atom stereocenters. The van der Waals surface area contributed by atoms with E-state index < -0.39 is 35.1 Å². The number of aliphatic hydroxyl groups is 3. The molecule has 4 rings (SSSR count). The highest BCUT2D eigenvalue weighted by molar-refractivity contribution is 6.26. The second-order valence-corrected chi connectivity index (χ2v) is 6.87. The fourth-order valence-corrected chi connectivity index (χ4v) is 4.36. The monoisotopic (exact) mass is 340 g/mol. The Bertz CT molecular complexity index is 895. The van der Waals surface area contributed by atoms with Gasteiger partial charge in [-0.1, -0.05) is 12.2 Å². The molecular formula is C19H16O6. The van der Waals surface area contributed by atoms with Gasteiger partial charge in [0.15, 0.2) is 17.3 Å². The van der Waals surface area contributed by atoms with E-state index in [1.807, 2.05) is 0 Å². The van der Waals surface area contributed by atoms with Crippen molar-refractivity contribution in [3.05, 3.63) is 58.3 Å². The average molecular weight is 340 g/mol. The van der Waals surface area contributed by atoms with Crippen LogP contribution in [-0.4, -0.2) is 32.7 Å². The first-order chi connectivity index (χ1) is 11.8. The Kier molecular flexibility index (Phi) is 3.16. The number of fused-ring (bicyclic) bond motifs is 3. The number of aliphatic hydroxyl groups excluding tert-OH is 3. The van der Waals surface area contributed by atoms with E-state index in [1.54, 1.807) is 12.2 Å². The first-order valence-corrected chi connectivity index (χ1v) is 8.08. The van der Waals surface area contributed by atoms with Gasteiger partial charge in [-0.25, -0.2) is 0 Å². The fraction of sp³-hybridized carbons (Fsp3) is 0.316. The Morgan fingerprint density at radius 3 is 2.44 bits per heavy atom. The number of Topliss-reactive ketones (excluding diaryl/α,β-unsaturated/α-hetero) is 3. The Labute approximate surface area is 143 Å². The molecule has 4 atom stereocenters. The molecule has 0 aromatic heterocycles. The smallest absolute Gasteiger partial charge is 0.224 e. The fourth-order valence-electron chi connectivity index (χ4n) is 4.36. The van der Waals surface area contributed by atoms with Crippen LogP contribution in [0.3, 0.4) is 0 Å². The molecule has 0 heterocycles. The number of rotatable bonds is 0. The summed E-state index contributed by atoms with van der Waals surface area (Å²) in [6, 6.07) is 0. The van der Waals surface area contributed by atoms with Crippen LogP contribution >= 0.6 is 0 Å². The second-order valence-electron chi connectivity index (χ2n) is 6.87. The highest BCUT2D eigenvalue weighted by Gasteiger charge is 2.52. The molecular weight excluding hydrogens is 324 g/mol. The number of carbonyl (C=O) groups excluding carboxylic acids is 3. The molecule has 1 fully saturated rings. The maximum Gasteiger partial charge on any atom is 0.224 e. The van der Waals surface area contributed by atoms with Crippen LogP contribution in [0.5, 0.6) is 0 Å². The normalized spacial score (nSPS) is 34.4. The molecule has 6 heteroatoms. The van der Waals surface area contributed by atoms with Gasteiger partial charge in [-0.15, -0.1) is 0 Å². The summed E-state index contributed by atoms with van der Waals surface area (Å²) in [5.41, 5.74) is 0.0689. The predicted molar refractivity (Wildman–Crippen MR) is 86.5 cm³/mol. The second kappa shape index (κ2) is 5.05. The Hall–Kier alpha value is -2.89. The molecule has 0 radical (unpaired) electrons. The average Bonchev–Trinajstić information content (AvgIpc) is 2.57. The quantitative estimate of drug-likeness (QED) is 0.583.